The van der Waals surface area contributed by atoms with E-state index < -0.39 is 5.60 Å². The maximum atomic E-state index is 12.2. The number of aryl methyl sites for hydroxylation is 1. The van der Waals surface area contributed by atoms with Crippen molar-refractivity contribution < 1.29 is 14.3 Å². The molecular formula is C23H31N5O3S. The van der Waals surface area contributed by atoms with E-state index in [1.165, 1.54) is 0 Å². The van der Waals surface area contributed by atoms with Gasteiger partial charge in [0.15, 0.2) is 5.82 Å². The molecule has 2 aliphatic rings. The number of hydrogen-bond donors (Lipinski definition) is 0. The lowest BCUT2D eigenvalue weighted by Gasteiger charge is -2.34. The Morgan fingerprint density at radius 2 is 1.88 bits per heavy atom. The first-order chi connectivity index (χ1) is 15.3. The molecule has 9 heteroatoms. The summed E-state index contributed by atoms with van der Waals surface area (Å²) in [4.78, 5) is 28.8. The minimum absolute atomic E-state index is 0.235. The van der Waals surface area contributed by atoms with Crippen LogP contribution in [0.1, 0.15) is 31.5 Å². The minimum atomic E-state index is -0.464. The van der Waals surface area contributed by atoms with E-state index in [0.717, 1.165) is 66.1 Å². The summed E-state index contributed by atoms with van der Waals surface area (Å²) in [6, 6.07) is 2.06. The molecule has 2 saturated heterocycles. The van der Waals surface area contributed by atoms with Gasteiger partial charge >= 0.3 is 6.09 Å². The number of morpholine rings is 1. The van der Waals surface area contributed by atoms with E-state index in [2.05, 4.69) is 32.7 Å². The largest absolute Gasteiger partial charge is 0.444 e. The summed E-state index contributed by atoms with van der Waals surface area (Å²) >= 11 is 1.65. The third-order valence-corrected chi connectivity index (χ3v) is 6.35. The van der Waals surface area contributed by atoms with E-state index in [0.29, 0.717) is 19.6 Å². The van der Waals surface area contributed by atoms with Gasteiger partial charge in [0.05, 0.1) is 34.9 Å². The van der Waals surface area contributed by atoms with Crippen molar-refractivity contribution in [3.8, 4) is 11.8 Å². The number of ether oxygens (including phenoxy) is 2. The van der Waals surface area contributed by atoms with Crippen LogP contribution in [-0.4, -0.2) is 90.5 Å². The first kappa shape index (κ1) is 22.8. The second kappa shape index (κ2) is 9.61. The van der Waals surface area contributed by atoms with Crippen LogP contribution in [0.25, 0.3) is 10.2 Å². The zero-order chi connectivity index (χ0) is 22.7. The second-order valence-electron chi connectivity index (χ2n) is 9.06. The average Bonchev–Trinajstić information content (AvgIpc) is 3.15. The van der Waals surface area contributed by atoms with Crippen LogP contribution in [0.5, 0.6) is 0 Å². The fraction of sp³-hybridized carbons (Fsp3) is 0.609. The molecule has 2 fully saturated rings. The Morgan fingerprint density at radius 3 is 2.56 bits per heavy atom. The fourth-order valence-electron chi connectivity index (χ4n) is 3.73. The van der Waals surface area contributed by atoms with Gasteiger partial charge in [-0.1, -0.05) is 11.8 Å². The zero-order valence-electron chi connectivity index (χ0n) is 19.3. The van der Waals surface area contributed by atoms with Gasteiger partial charge in [-0.3, -0.25) is 4.90 Å². The van der Waals surface area contributed by atoms with Gasteiger partial charge < -0.3 is 19.3 Å². The Kier molecular flexibility index (Phi) is 6.84. The molecule has 0 radical (unpaired) electrons. The Hall–Kier alpha value is -2.41. The van der Waals surface area contributed by atoms with Gasteiger partial charge in [0.2, 0.25) is 0 Å². The Morgan fingerprint density at radius 1 is 1.16 bits per heavy atom. The van der Waals surface area contributed by atoms with E-state index in [1.807, 2.05) is 27.7 Å². The van der Waals surface area contributed by atoms with Crippen LogP contribution in [0.3, 0.4) is 0 Å². The molecular weight excluding hydrogens is 426 g/mol. The average molecular weight is 458 g/mol. The molecule has 32 heavy (non-hydrogen) atoms. The summed E-state index contributed by atoms with van der Waals surface area (Å²) in [6.45, 7) is 14.4. The highest BCUT2D eigenvalue weighted by Crippen LogP contribution is 2.32. The van der Waals surface area contributed by atoms with Gasteiger partial charge in [0.25, 0.3) is 0 Å². The van der Waals surface area contributed by atoms with Crippen LogP contribution < -0.4 is 4.90 Å². The molecule has 0 unspecified atom stereocenters. The third-order valence-electron chi connectivity index (χ3n) is 5.31. The number of anilines is 1. The van der Waals surface area contributed by atoms with E-state index in [-0.39, 0.29) is 6.09 Å². The molecule has 4 rings (SSSR count). The van der Waals surface area contributed by atoms with E-state index in [1.54, 1.807) is 16.2 Å². The first-order valence-corrected chi connectivity index (χ1v) is 11.9. The van der Waals surface area contributed by atoms with Gasteiger partial charge in [-0.25, -0.2) is 14.8 Å². The lowest BCUT2D eigenvalue weighted by Crippen LogP contribution is -2.50. The summed E-state index contributed by atoms with van der Waals surface area (Å²) in [5.41, 5.74) is 0.494. The number of fused-ring (bicyclic) bond motifs is 1. The molecule has 2 aliphatic heterocycles. The molecule has 2 aromatic rings. The molecule has 4 heterocycles. The maximum absolute atomic E-state index is 12.2. The topological polar surface area (TPSA) is 71.0 Å². The van der Waals surface area contributed by atoms with Crippen molar-refractivity contribution in [2.75, 3.05) is 63.9 Å². The normalized spacial score (nSPS) is 17.9. The van der Waals surface area contributed by atoms with Crippen molar-refractivity contribution in [2.24, 2.45) is 0 Å². The third kappa shape index (κ3) is 5.68. The summed E-state index contributed by atoms with van der Waals surface area (Å²) in [5.74, 6) is 8.37. The van der Waals surface area contributed by atoms with Gasteiger partial charge in [0.1, 0.15) is 11.4 Å². The van der Waals surface area contributed by atoms with Gasteiger partial charge in [-0.05, 0) is 33.8 Å². The van der Waals surface area contributed by atoms with Crippen LogP contribution in [0.4, 0.5) is 10.6 Å². The Labute approximate surface area is 193 Å². The molecule has 0 N–H and O–H groups in total. The highest BCUT2D eigenvalue weighted by Gasteiger charge is 2.25. The number of amides is 1. The van der Waals surface area contributed by atoms with Crippen LogP contribution in [0.2, 0.25) is 0 Å². The number of piperazine rings is 1. The first-order valence-electron chi connectivity index (χ1n) is 11.1. The van der Waals surface area contributed by atoms with Crippen molar-refractivity contribution in [2.45, 2.75) is 33.3 Å². The zero-order valence-corrected chi connectivity index (χ0v) is 20.1. The quantitative estimate of drug-likeness (QED) is 0.642. The predicted molar refractivity (Wildman–Crippen MR) is 126 cm³/mol. The Bertz CT molecular complexity index is 1020. The molecule has 0 aromatic carbocycles. The summed E-state index contributed by atoms with van der Waals surface area (Å²) in [7, 11) is 0. The molecule has 0 spiro atoms. The Balaban J connectivity index is 1.37. The predicted octanol–water partition coefficient (Wildman–Crippen LogP) is 2.74. The number of hydrogen-bond acceptors (Lipinski definition) is 8. The lowest BCUT2D eigenvalue weighted by molar-refractivity contribution is 0.0155. The molecule has 0 saturated carbocycles. The molecule has 0 aliphatic carbocycles. The van der Waals surface area contributed by atoms with Gasteiger partial charge in [0, 0.05) is 39.3 Å². The number of rotatable bonds is 2. The number of carbonyl (C=O) groups excluding carboxylic acids is 1. The second-order valence-corrected chi connectivity index (χ2v) is 10.1. The smallest absolute Gasteiger partial charge is 0.410 e. The van der Waals surface area contributed by atoms with Crippen LogP contribution in [0.15, 0.2) is 6.07 Å². The minimum Gasteiger partial charge on any atom is -0.444 e. The van der Waals surface area contributed by atoms with Gasteiger partial charge in [-0.2, -0.15) is 0 Å². The van der Waals surface area contributed by atoms with Crippen LogP contribution in [-0.2, 0) is 9.47 Å². The van der Waals surface area contributed by atoms with Crippen LogP contribution in [0, 0.1) is 18.8 Å². The lowest BCUT2D eigenvalue weighted by atomic mass is 10.2. The van der Waals surface area contributed by atoms with Gasteiger partial charge in [-0.15, -0.1) is 11.3 Å². The van der Waals surface area contributed by atoms with Crippen molar-refractivity contribution in [3.05, 3.63) is 16.8 Å². The van der Waals surface area contributed by atoms with E-state index in [4.69, 9.17) is 14.5 Å². The van der Waals surface area contributed by atoms with Crippen molar-refractivity contribution in [1.29, 1.82) is 0 Å². The van der Waals surface area contributed by atoms with Crippen molar-refractivity contribution in [1.82, 2.24) is 19.8 Å². The molecule has 8 nitrogen and oxygen atoms in total. The standard InChI is InChI=1S/C23H31N5O3S/c1-17-24-19-16-18(32-20(19)21(25-17)27-12-14-30-15-13-27)6-5-7-26-8-10-28(11-9-26)22(29)31-23(2,3)4/h16H,7-15H2,1-4H3. The number of thiophene rings is 1. The monoisotopic (exact) mass is 457 g/mol. The number of aromatic nitrogens is 2. The fourth-order valence-corrected chi connectivity index (χ4v) is 4.72. The van der Waals surface area contributed by atoms with Crippen LogP contribution >= 0.6 is 11.3 Å². The molecule has 2 aromatic heterocycles. The van der Waals surface area contributed by atoms with Crippen molar-refractivity contribution in [3.63, 3.8) is 0 Å². The molecule has 0 bridgehead atoms. The number of nitrogens with zero attached hydrogens (tertiary/aromatic N) is 5. The maximum Gasteiger partial charge on any atom is 0.410 e. The summed E-state index contributed by atoms with van der Waals surface area (Å²) in [6.07, 6.45) is -0.235. The highest BCUT2D eigenvalue weighted by molar-refractivity contribution is 7.20. The summed E-state index contributed by atoms with van der Waals surface area (Å²) in [5, 5.41) is 0. The number of carbonyl (C=O) groups is 1. The van der Waals surface area contributed by atoms with E-state index >= 15 is 0 Å². The van der Waals surface area contributed by atoms with E-state index in [9.17, 15) is 4.79 Å². The molecule has 172 valence electrons. The molecule has 1 amide bonds. The van der Waals surface area contributed by atoms with Crippen molar-refractivity contribution >= 4 is 33.5 Å². The molecule has 0 atom stereocenters. The highest BCUT2D eigenvalue weighted by atomic mass is 32.1. The SMILES string of the molecule is Cc1nc(N2CCOCC2)c2sc(C#CCN3CCN(C(=O)OC(C)(C)C)CC3)cc2n1. The summed E-state index contributed by atoms with van der Waals surface area (Å²) < 4.78 is 12.0.